The fourth-order valence-corrected chi connectivity index (χ4v) is 0.974. The summed E-state index contributed by atoms with van der Waals surface area (Å²) in [7, 11) is 0. The first kappa shape index (κ1) is 9.60. The highest BCUT2D eigenvalue weighted by atomic mass is 16.4. The minimum absolute atomic E-state index is 0.115. The second-order valence-electron chi connectivity index (χ2n) is 2.73. The van der Waals surface area contributed by atoms with Crippen molar-refractivity contribution in [3.05, 3.63) is 23.8 Å². The average Bonchev–Trinajstić information content (AvgIpc) is 2.03. The zero-order chi connectivity index (χ0) is 9.84. The summed E-state index contributed by atoms with van der Waals surface area (Å²) >= 11 is 0. The zero-order valence-electron chi connectivity index (χ0n) is 7.27. The molecule has 0 unspecified atom stereocenters. The lowest BCUT2D eigenvalue weighted by atomic mass is 10.1. The van der Waals surface area contributed by atoms with Crippen LogP contribution in [0.4, 0.5) is 0 Å². The number of rotatable bonds is 3. The van der Waals surface area contributed by atoms with Crippen LogP contribution in [-0.4, -0.2) is 21.0 Å². The number of carboxylic acids is 1. The lowest BCUT2D eigenvalue weighted by molar-refractivity contribution is -0.137. The molecule has 0 aliphatic heterocycles. The van der Waals surface area contributed by atoms with Crippen LogP contribution >= 0.6 is 0 Å². The molecule has 5 heteroatoms. The number of nitrogens with zero attached hydrogens (tertiary/aromatic N) is 2. The summed E-state index contributed by atoms with van der Waals surface area (Å²) < 4.78 is 0. The van der Waals surface area contributed by atoms with Crippen LogP contribution in [0.5, 0.6) is 0 Å². The molecule has 1 rings (SSSR count). The van der Waals surface area contributed by atoms with Gasteiger partial charge in [0.25, 0.3) is 0 Å². The Morgan fingerprint density at radius 3 is 3.00 bits per heavy atom. The average molecular weight is 181 g/mol. The van der Waals surface area contributed by atoms with Gasteiger partial charge in [0.2, 0.25) is 0 Å². The molecular formula is C8H11N3O2. The number of hydrogen-bond donors (Lipinski definition) is 2. The van der Waals surface area contributed by atoms with Gasteiger partial charge in [0.05, 0.1) is 18.2 Å². The van der Waals surface area contributed by atoms with E-state index in [-0.39, 0.29) is 6.42 Å². The SMILES string of the molecule is Cc1nccc([C@@H](N)CC(=O)O)n1. The van der Waals surface area contributed by atoms with Crippen LogP contribution in [0.2, 0.25) is 0 Å². The third kappa shape index (κ3) is 2.79. The molecule has 70 valence electrons. The van der Waals surface area contributed by atoms with E-state index < -0.39 is 12.0 Å². The van der Waals surface area contributed by atoms with Gasteiger partial charge in [-0.05, 0) is 13.0 Å². The molecule has 0 fully saturated rings. The Hall–Kier alpha value is -1.49. The van der Waals surface area contributed by atoms with E-state index in [1.165, 1.54) is 0 Å². The second-order valence-corrected chi connectivity index (χ2v) is 2.73. The first-order valence-corrected chi connectivity index (χ1v) is 3.86. The van der Waals surface area contributed by atoms with Gasteiger partial charge in [-0.2, -0.15) is 0 Å². The van der Waals surface area contributed by atoms with Crippen molar-refractivity contribution >= 4 is 5.97 Å². The quantitative estimate of drug-likeness (QED) is 0.698. The number of aryl methyl sites for hydroxylation is 1. The van der Waals surface area contributed by atoms with E-state index >= 15 is 0 Å². The molecular weight excluding hydrogens is 170 g/mol. The van der Waals surface area contributed by atoms with Gasteiger partial charge in [-0.25, -0.2) is 9.97 Å². The number of hydrogen-bond acceptors (Lipinski definition) is 4. The van der Waals surface area contributed by atoms with E-state index in [0.717, 1.165) is 0 Å². The molecule has 1 atom stereocenters. The predicted octanol–water partition coefficient (Wildman–Crippen LogP) is 0.260. The summed E-state index contributed by atoms with van der Waals surface area (Å²) in [6.07, 6.45) is 1.45. The Morgan fingerprint density at radius 2 is 2.46 bits per heavy atom. The summed E-state index contributed by atoms with van der Waals surface area (Å²) in [5.41, 5.74) is 6.16. The van der Waals surface area contributed by atoms with Crippen molar-refractivity contribution in [2.24, 2.45) is 5.73 Å². The molecule has 1 aromatic heterocycles. The molecule has 0 saturated carbocycles. The molecule has 0 saturated heterocycles. The van der Waals surface area contributed by atoms with Gasteiger partial charge < -0.3 is 10.8 Å². The Labute approximate surface area is 75.6 Å². The van der Waals surface area contributed by atoms with Crippen LogP contribution in [0.15, 0.2) is 12.3 Å². The van der Waals surface area contributed by atoms with Crippen LogP contribution in [0.1, 0.15) is 24.0 Å². The first-order chi connectivity index (χ1) is 6.09. The largest absolute Gasteiger partial charge is 0.481 e. The van der Waals surface area contributed by atoms with Gasteiger partial charge in [0, 0.05) is 6.20 Å². The van der Waals surface area contributed by atoms with Crippen molar-refractivity contribution in [1.82, 2.24) is 9.97 Å². The Bertz CT molecular complexity index is 314. The molecule has 0 amide bonds. The summed E-state index contributed by atoms with van der Waals surface area (Å²) in [5, 5.41) is 8.49. The highest BCUT2D eigenvalue weighted by Crippen LogP contribution is 2.09. The summed E-state index contributed by atoms with van der Waals surface area (Å²) in [6, 6.07) is 1.07. The lowest BCUT2D eigenvalue weighted by Gasteiger charge is -2.07. The second kappa shape index (κ2) is 3.95. The summed E-state index contributed by atoms with van der Waals surface area (Å²) in [5.74, 6) is -0.331. The monoisotopic (exact) mass is 181 g/mol. The van der Waals surface area contributed by atoms with E-state index in [2.05, 4.69) is 9.97 Å². The minimum atomic E-state index is -0.927. The van der Waals surface area contributed by atoms with Crippen LogP contribution in [-0.2, 0) is 4.79 Å². The maximum Gasteiger partial charge on any atom is 0.305 e. The van der Waals surface area contributed by atoms with E-state index in [1.807, 2.05) is 0 Å². The Balaban J connectivity index is 2.76. The van der Waals surface area contributed by atoms with Crippen LogP contribution in [0, 0.1) is 6.92 Å². The fourth-order valence-electron chi connectivity index (χ4n) is 0.974. The van der Waals surface area contributed by atoms with Crippen LogP contribution in [0.3, 0.4) is 0 Å². The van der Waals surface area contributed by atoms with Gasteiger partial charge in [0.1, 0.15) is 5.82 Å². The fraction of sp³-hybridized carbons (Fsp3) is 0.375. The summed E-state index contributed by atoms with van der Waals surface area (Å²) in [4.78, 5) is 18.3. The number of carboxylic acid groups (broad SMARTS) is 1. The van der Waals surface area contributed by atoms with Gasteiger partial charge in [-0.15, -0.1) is 0 Å². The number of aliphatic carboxylic acids is 1. The normalized spacial score (nSPS) is 12.5. The lowest BCUT2D eigenvalue weighted by Crippen LogP contribution is -2.16. The van der Waals surface area contributed by atoms with Crippen LogP contribution in [0.25, 0.3) is 0 Å². The molecule has 1 aromatic rings. The van der Waals surface area contributed by atoms with Crippen molar-refractivity contribution in [1.29, 1.82) is 0 Å². The van der Waals surface area contributed by atoms with Crippen molar-refractivity contribution in [2.75, 3.05) is 0 Å². The topological polar surface area (TPSA) is 89.1 Å². The minimum Gasteiger partial charge on any atom is -0.481 e. The van der Waals surface area contributed by atoms with Crippen LogP contribution < -0.4 is 5.73 Å². The van der Waals surface area contributed by atoms with Gasteiger partial charge in [-0.1, -0.05) is 0 Å². The van der Waals surface area contributed by atoms with Crippen molar-refractivity contribution in [2.45, 2.75) is 19.4 Å². The zero-order valence-corrected chi connectivity index (χ0v) is 7.27. The highest BCUT2D eigenvalue weighted by Gasteiger charge is 2.11. The molecule has 0 bridgehead atoms. The highest BCUT2D eigenvalue weighted by molar-refractivity contribution is 5.67. The molecule has 5 nitrogen and oxygen atoms in total. The molecule has 0 radical (unpaired) electrons. The van der Waals surface area contributed by atoms with Crippen molar-refractivity contribution < 1.29 is 9.90 Å². The maximum atomic E-state index is 10.3. The van der Waals surface area contributed by atoms with E-state index in [1.54, 1.807) is 19.2 Å². The Kier molecular flexibility index (Phi) is 2.92. The molecule has 0 aliphatic rings. The molecule has 0 aliphatic carbocycles. The summed E-state index contributed by atoms with van der Waals surface area (Å²) in [6.45, 7) is 1.73. The number of aromatic nitrogens is 2. The van der Waals surface area contributed by atoms with E-state index in [4.69, 9.17) is 10.8 Å². The molecule has 1 heterocycles. The standard InChI is InChI=1S/C8H11N3O2/c1-5-10-3-2-7(11-5)6(9)4-8(12)13/h2-3,6H,4,9H2,1H3,(H,12,13)/t6-/m0/s1. The van der Waals surface area contributed by atoms with Crippen molar-refractivity contribution in [3.8, 4) is 0 Å². The smallest absolute Gasteiger partial charge is 0.305 e. The van der Waals surface area contributed by atoms with E-state index in [9.17, 15) is 4.79 Å². The molecule has 0 spiro atoms. The van der Waals surface area contributed by atoms with Crippen molar-refractivity contribution in [3.63, 3.8) is 0 Å². The third-order valence-electron chi connectivity index (χ3n) is 1.57. The molecule has 3 N–H and O–H groups in total. The molecule has 0 aromatic carbocycles. The number of nitrogens with two attached hydrogens (primary N) is 1. The third-order valence-corrected chi connectivity index (χ3v) is 1.57. The number of carbonyl (C=O) groups is 1. The molecule has 13 heavy (non-hydrogen) atoms. The predicted molar refractivity (Wildman–Crippen MR) is 46.0 cm³/mol. The Morgan fingerprint density at radius 1 is 1.77 bits per heavy atom. The van der Waals surface area contributed by atoms with E-state index in [0.29, 0.717) is 11.5 Å². The van der Waals surface area contributed by atoms with Gasteiger partial charge in [-0.3, -0.25) is 4.79 Å². The van der Waals surface area contributed by atoms with Gasteiger partial charge >= 0.3 is 5.97 Å². The maximum absolute atomic E-state index is 10.3. The first-order valence-electron chi connectivity index (χ1n) is 3.86. The van der Waals surface area contributed by atoms with Gasteiger partial charge in [0.15, 0.2) is 0 Å².